The van der Waals surface area contributed by atoms with E-state index < -0.39 is 5.91 Å². The summed E-state index contributed by atoms with van der Waals surface area (Å²) in [7, 11) is 0. The van der Waals surface area contributed by atoms with Crippen molar-refractivity contribution in [2.75, 3.05) is 5.73 Å². The van der Waals surface area contributed by atoms with Crippen LogP contribution < -0.4 is 17.2 Å². The number of nitrogen functional groups attached to an aromatic ring is 1. The minimum Gasteiger partial charge on any atom is -0.382 e. The van der Waals surface area contributed by atoms with Gasteiger partial charge in [-0.05, 0) is 47.0 Å². The van der Waals surface area contributed by atoms with Gasteiger partial charge in [-0.1, -0.05) is 12.1 Å². The van der Waals surface area contributed by atoms with Crippen LogP contribution in [0.5, 0.6) is 0 Å². The molecule has 0 aliphatic carbocycles. The van der Waals surface area contributed by atoms with Gasteiger partial charge in [-0.25, -0.2) is 15.0 Å². The number of nitrogens with two attached hydrogens (primary N) is 3. The van der Waals surface area contributed by atoms with Crippen LogP contribution in [0.1, 0.15) is 21.6 Å². The van der Waals surface area contributed by atoms with Crippen LogP contribution in [0.25, 0.3) is 33.2 Å². The van der Waals surface area contributed by atoms with Crippen LogP contribution in [0.2, 0.25) is 0 Å². The van der Waals surface area contributed by atoms with Gasteiger partial charge in [0.1, 0.15) is 11.8 Å². The van der Waals surface area contributed by atoms with Gasteiger partial charge in [-0.15, -0.1) is 0 Å². The number of rotatable bonds is 5. The highest BCUT2D eigenvalue weighted by Crippen LogP contribution is 2.30. The highest BCUT2D eigenvalue weighted by atomic mass is 16.1. The Morgan fingerprint density at radius 2 is 1.94 bits per heavy atom. The maximum absolute atomic E-state index is 11.6. The molecule has 0 radical (unpaired) electrons. The second-order valence-electron chi connectivity index (χ2n) is 7.35. The Hall–Kier alpha value is -4.24. The van der Waals surface area contributed by atoms with Crippen molar-refractivity contribution in [2.45, 2.75) is 13.1 Å². The van der Waals surface area contributed by atoms with Gasteiger partial charge in [0, 0.05) is 23.2 Å². The molecule has 154 valence electrons. The van der Waals surface area contributed by atoms with E-state index in [1.54, 1.807) is 18.5 Å². The number of nitrogens with zero attached hydrogens (tertiary/aromatic N) is 4. The number of imidazole rings is 1. The predicted molar refractivity (Wildman–Crippen MR) is 119 cm³/mol. The van der Waals surface area contributed by atoms with Crippen LogP contribution in [0, 0.1) is 0 Å². The van der Waals surface area contributed by atoms with Gasteiger partial charge in [0.25, 0.3) is 0 Å². The minimum atomic E-state index is -0.461. The number of hydrogen-bond acceptors (Lipinski definition) is 6. The van der Waals surface area contributed by atoms with E-state index >= 15 is 0 Å². The Bertz CT molecular complexity index is 1450. The number of carbonyl (C=O) groups excluding carboxylic acids is 1. The number of nitrogens with one attached hydrogen (secondary N) is 1. The third-order valence-electron chi connectivity index (χ3n) is 5.34. The van der Waals surface area contributed by atoms with E-state index in [9.17, 15) is 4.79 Å². The molecule has 9 nitrogen and oxygen atoms in total. The van der Waals surface area contributed by atoms with E-state index in [1.807, 2.05) is 22.8 Å². The first kappa shape index (κ1) is 18.8. The van der Waals surface area contributed by atoms with Crippen molar-refractivity contribution in [1.82, 2.24) is 24.5 Å². The molecule has 3 aromatic heterocycles. The number of amides is 1. The number of fused-ring (bicyclic) bond motifs is 2. The van der Waals surface area contributed by atoms with Crippen molar-refractivity contribution in [2.24, 2.45) is 11.5 Å². The predicted octanol–water partition coefficient (Wildman–Crippen LogP) is 2.16. The molecule has 0 aliphatic heterocycles. The van der Waals surface area contributed by atoms with Crippen LogP contribution in [-0.2, 0) is 13.1 Å². The summed E-state index contributed by atoms with van der Waals surface area (Å²) in [5.74, 6) is -0.117. The summed E-state index contributed by atoms with van der Waals surface area (Å²) >= 11 is 0. The topological polar surface area (TPSA) is 155 Å². The third-order valence-corrected chi connectivity index (χ3v) is 5.34. The fraction of sp³-hybridized carbons (Fsp3) is 0.0909. The molecule has 0 bridgehead atoms. The first-order valence-electron chi connectivity index (χ1n) is 9.69. The van der Waals surface area contributed by atoms with E-state index in [1.165, 1.54) is 6.33 Å². The standard InChI is InChI=1S/C22H20N8O/c23-8-17-7-15-5-14(12-2-1-3-13(4-12)21(25)31)6-16(18(15)29-17)9-30-11-28-19-20(24)26-10-27-22(19)30/h1-7,10-11,29H,8-9,23H2,(H2,25,31)(H2,24,26,27). The largest absolute Gasteiger partial charge is 0.382 e. The summed E-state index contributed by atoms with van der Waals surface area (Å²) in [5, 5.41) is 1.02. The number of H-pyrrole nitrogens is 1. The zero-order chi connectivity index (χ0) is 21.5. The molecule has 0 fully saturated rings. The van der Waals surface area contributed by atoms with Crippen LogP contribution >= 0.6 is 0 Å². The van der Waals surface area contributed by atoms with E-state index in [0.717, 1.165) is 33.3 Å². The lowest BCUT2D eigenvalue weighted by atomic mass is 9.98. The fourth-order valence-corrected chi connectivity index (χ4v) is 3.83. The molecular weight excluding hydrogens is 392 g/mol. The number of benzene rings is 2. The Kier molecular flexibility index (Phi) is 4.37. The molecule has 1 amide bonds. The summed E-state index contributed by atoms with van der Waals surface area (Å²) < 4.78 is 1.93. The van der Waals surface area contributed by atoms with Crippen molar-refractivity contribution < 1.29 is 4.79 Å². The van der Waals surface area contributed by atoms with Crippen molar-refractivity contribution >= 4 is 33.8 Å². The molecule has 5 rings (SSSR count). The van der Waals surface area contributed by atoms with E-state index in [2.05, 4.69) is 32.1 Å². The molecule has 0 saturated carbocycles. The summed E-state index contributed by atoms with van der Waals surface area (Å²) in [6.45, 7) is 0.912. The summed E-state index contributed by atoms with van der Waals surface area (Å²) in [6.07, 6.45) is 3.13. The van der Waals surface area contributed by atoms with Gasteiger partial charge >= 0.3 is 0 Å². The number of aromatic nitrogens is 5. The Morgan fingerprint density at radius 1 is 1.06 bits per heavy atom. The number of aromatic amines is 1. The highest BCUT2D eigenvalue weighted by Gasteiger charge is 2.14. The summed E-state index contributed by atoms with van der Waals surface area (Å²) in [4.78, 5) is 27.7. The van der Waals surface area contributed by atoms with E-state index in [0.29, 0.717) is 35.6 Å². The second-order valence-corrected chi connectivity index (χ2v) is 7.35. The molecule has 9 heteroatoms. The van der Waals surface area contributed by atoms with E-state index in [-0.39, 0.29) is 0 Å². The van der Waals surface area contributed by atoms with Crippen molar-refractivity contribution in [3.63, 3.8) is 0 Å². The maximum atomic E-state index is 11.6. The normalized spacial score (nSPS) is 11.4. The number of hydrogen-bond donors (Lipinski definition) is 4. The highest BCUT2D eigenvalue weighted by molar-refractivity contribution is 5.95. The zero-order valence-corrected chi connectivity index (χ0v) is 16.5. The smallest absolute Gasteiger partial charge is 0.248 e. The van der Waals surface area contributed by atoms with Gasteiger partial charge in [0.15, 0.2) is 11.5 Å². The molecule has 0 spiro atoms. The van der Waals surface area contributed by atoms with Gasteiger partial charge in [0.2, 0.25) is 5.91 Å². The summed E-state index contributed by atoms with van der Waals surface area (Å²) in [6, 6.07) is 13.5. The average Bonchev–Trinajstić information content (AvgIpc) is 3.39. The Labute approximate surface area is 176 Å². The first-order chi connectivity index (χ1) is 15.0. The molecule has 0 aliphatic rings. The molecule has 7 N–H and O–H groups in total. The van der Waals surface area contributed by atoms with Crippen molar-refractivity contribution in [3.05, 3.63) is 71.9 Å². The lowest BCUT2D eigenvalue weighted by Crippen LogP contribution is -2.10. The fourth-order valence-electron chi connectivity index (χ4n) is 3.83. The number of anilines is 1. The Morgan fingerprint density at radius 3 is 2.74 bits per heavy atom. The van der Waals surface area contributed by atoms with Crippen molar-refractivity contribution in [3.8, 4) is 11.1 Å². The lowest BCUT2D eigenvalue weighted by molar-refractivity contribution is 0.100. The molecule has 2 aromatic carbocycles. The van der Waals surface area contributed by atoms with Crippen molar-refractivity contribution in [1.29, 1.82) is 0 Å². The molecule has 0 unspecified atom stereocenters. The van der Waals surface area contributed by atoms with Gasteiger partial charge < -0.3 is 26.8 Å². The quantitative estimate of drug-likeness (QED) is 0.347. The maximum Gasteiger partial charge on any atom is 0.248 e. The van der Waals surface area contributed by atoms with Gasteiger partial charge in [-0.2, -0.15) is 0 Å². The molecule has 5 aromatic rings. The number of carbonyl (C=O) groups is 1. The number of primary amides is 1. The first-order valence-corrected chi connectivity index (χ1v) is 9.69. The van der Waals surface area contributed by atoms with Crippen LogP contribution in [-0.4, -0.2) is 30.4 Å². The second kappa shape index (κ2) is 7.22. The summed E-state index contributed by atoms with van der Waals surface area (Å²) in [5.41, 5.74) is 23.8. The van der Waals surface area contributed by atoms with Crippen LogP contribution in [0.15, 0.2) is 55.1 Å². The van der Waals surface area contributed by atoms with Gasteiger partial charge in [-0.3, -0.25) is 4.79 Å². The average molecular weight is 412 g/mol. The van der Waals surface area contributed by atoms with E-state index in [4.69, 9.17) is 17.2 Å². The van der Waals surface area contributed by atoms with Crippen LogP contribution in [0.4, 0.5) is 5.82 Å². The minimum absolute atomic E-state index is 0.344. The SMILES string of the molecule is NCc1cc2cc(-c3cccc(C(N)=O)c3)cc(Cn3cnc4c(N)ncnc43)c2[nH]1. The molecule has 31 heavy (non-hydrogen) atoms. The molecule has 0 atom stereocenters. The third kappa shape index (κ3) is 3.26. The van der Waals surface area contributed by atoms with Gasteiger partial charge in [0.05, 0.1) is 18.4 Å². The lowest BCUT2D eigenvalue weighted by Gasteiger charge is -2.10. The molecular formula is C22H20N8O. The molecule has 3 heterocycles. The monoisotopic (exact) mass is 412 g/mol. The Balaban J connectivity index is 1.67. The zero-order valence-electron chi connectivity index (χ0n) is 16.5. The molecule has 0 saturated heterocycles. The van der Waals surface area contributed by atoms with Crippen LogP contribution in [0.3, 0.4) is 0 Å².